The maximum absolute atomic E-state index is 5.27. The molecule has 16 heavy (non-hydrogen) atoms. The smallest absolute Gasteiger partial charge is 0.211 e. The Morgan fingerprint density at radius 1 is 1.44 bits per heavy atom. The molecular formula is C10H13BrN4O. The molecule has 0 spiro atoms. The monoisotopic (exact) mass is 284 g/mol. The van der Waals surface area contributed by atoms with Crippen molar-refractivity contribution in [2.75, 3.05) is 7.11 Å². The number of rotatable bonds is 3. The van der Waals surface area contributed by atoms with Crippen LogP contribution in [-0.2, 0) is 0 Å². The molecule has 0 saturated heterocycles. The summed E-state index contributed by atoms with van der Waals surface area (Å²) in [7, 11) is 1.59. The van der Waals surface area contributed by atoms with Gasteiger partial charge in [-0.15, -0.1) is 5.10 Å². The van der Waals surface area contributed by atoms with Gasteiger partial charge in [0.05, 0.1) is 17.8 Å². The minimum absolute atomic E-state index is 0.0807. The predicted molar refractivity (Wildman–Crippen MR) is 68.8 cm³/mol. The van der Waals surface area contributed by atoms with Crippen molar-refractivity contribution in [3.63, 3.8) is 0 Å². The van der Waals surface area contributed by atoms with Gasteiger partial charge < -0.3 is 16.2 Å². The first kappa shape index (κ1) is 12.5. The first-order valence-corrected chi connectivity index (χ1v) is 5.30. The number of hydrogen-bond acceptors (Lipinski definition) is 3. The summed E-state index contributed by atoms with van der Waals surface area (Å²) in [5.41, 5.74) is 12.2. The number of hydrogen-bond donors (Lipinski definition) is 2. The second-order valence-corrected chi connectivity index (χ2v) is 3.93. The zero-order chi connectivity index (χ0) is 12.1. The normalized spacial score (nSPS) is 10.4. The Hall–Kier alpha value is -1.56. The Bertz CT molecular complexity index is 439. The van der Waals surface area contributed by atoms with E-state index in [2.05, 4.69) is 26.1 Å². The van der Waals surface area contributed by atoms with E-state index in [1.807, 2.05) is 19.1 Å². The standard InChI is InChI=1S/C10H13BrN4O/c1-6-3-4-8(11)9(16-2)7(6)5-14-15-10(12)13/h3-5H,1-2H3,(H4,12,13,15). The highest BCUT2D eigenvalue weighted by Gasteiger charge is 2.08. The molecule has 1 aromatic rings. The summed E-state index contributed by atoms with van der Waals surface area (Å²) in [6, 6.07) is 3.86. The maximum Gasteiger partial charge on any atom is 0.211 e. The number of ether oxygens (including phenoxy) is 1. The van der Waals surface area contributed by atoms with Crippen LogP contribution in [0.25, 0.3) is 0 Å². The summed E-state index contributed by atoms with van der Waals surface area (Å²) >= 11 is 3.39. The fourth-order valence-electron chi connectivity index (χ4n) is 1.19. The summed E-state index contributed by atoms with van der Waals surface area (Å²) in [4.78, 5) is 0. The summed E-state index contributed by atoms with van der Waals surface area (Å²) in [6.45, 7) is 1.95. The van der Waals surface area contributed by atoms with Crippen molar-refractivity contribution < 1.29 is 4.74 Å². The van der Waals surface area contributed by atoms with Gasteiger partial charge in [-0.3, -0.25) is 0 Å². The van der Waals surface area contributed by atoms with Gasteiger partial charge >= 0.3 is 0 Å². The number of halogens is 1. The lowest BCUT2D eigenvalue weighted by Crippen LogP contribution is -2.21. The SMILES string of the molecule is COc1c(Br)ccc(C)c1C=NN=C(N)N. The summed E-state index contributed by atoms with van der Waals surface area (Å²) in [5.74, 6) is 0.623. The van der Waals surface area contributed by atoms with Gasteiger partial charge in [-0.25, -0.2) is 0 Å². The van der Waals surface area contributed by atoms with E-state index in [1.165, 1.54) is 0 Å². The molecule has 86 valence electrons. The highest BCUT2D eigenvalue weighted by molar-refractivity contribution is 9.10. The molecule has 1 rings (SSSR count). The predicted octanol–water partition coefficient (Wildman–Crippen LogP) is 1.37. The maximum atomic E-state index is 5.27. The van der Waals surface area contributed by atoms with Crippen LogP contribution in [0.3, 0.4) is 0 Å². The van der Waals surface area contributed by atoms with Crippen LogP contribution in [0.1, 0.15) is 11.1 Å². The van der Waals surface area contributed by atoms with Crippen molar-refractivity contribution in [3.05, 3.63) is 27.7 Å². The van der Waals surface area contributed by atoms with E-state index in [0.29, 0.717) is 5.75 Å². The van der Waals surface area contributed by atoms with Crippen LogP contribution in [0, 0.1) is 6.92 Å². The molecule has 0 radical (unpaired) electrons. The van der Waals surface area contributed by atoms with Gasteiger partial charge in [0, 0.05) is 5.56 Å². The molecule has 0 heterocycles. The van der Waals surface area contributed by atoms with Gasteiger partial charge in [-0.05, 0) is 34.5 Å². The van der Waals surface area contributed by atoms with Gasteiger partial charge in [0.2, 0.25) is 5.96 Å². The molecule has 0 aromatic heterocycles. The number of nitrogens with zero attached hydrogens (tertiary/aromatic N) is 2. The molecule has 5 nitrogen and oxygen atoms in total. The first-order chi connectivity index (χ1) is 7.56. The summed E-state index contributed by atoms with van der Waals surface area (Å²) in [6.07, 6.45) is 1.55. The van der Waals surface area contributed by atoms with E-state index in [1.54, 1.807) is 13.3 Å². The molecule has 0 atom stereocenters. The molecule has 0 unspecified atom stereocenters. The van der Waals surface area contributed by atoms with E-state index in [-0.39, 0.29) is 5.96 Å². The number of methoxy groups -OCH3 is 1. The first-order valence-electron chi connectivity index (χ1n) is 4.51. The fourth-order valence-corrected chi connectivity index (χ4v) is 1.70. The van der Waals surface area contributed by atoms with Gasteiger partial charge in [0.15, 0.2) is 0 Å². The lowest BCUT2D eigenvalue weighted by Gasteiger charge is -2.08. The van der Waals surface area contributed by atoms with Gasteiger partial charge in [0.25, 0.3) is 0 Å². The highest BCUT2D eigenvalue weighted by Crippen LogP contribution is 2.29. The molecule has 0 amide bonds. The van der Waals surface area contributed by atoms with E-state index in [0.717, 1.165) is 15.6 Å². The van der Waals surface area contributed by atoms with E-state index in [4.69, 9.17) is 16.2 Å². The third kappa shape index (κ3) is 2.96. The molecule has 4 N–H and O–H groups in total. The van der Waals surface area contributed by atoms with E-state index in [9.17, 15) is 0 Å². The van der Waals surface area contributed by atoms with Crippen molar-refractivity contribution >= 4 is 28.1 Å². The quantitative estimate of drug-likeness (QED) is 0.499. The van der Waals surface area contributed by atoms with Crippen LogP contribution >= 0.6 is 15.9 Å². The van der Waals surface area contributed by atoms with Gasteiger partial charge in [-0.1, -0.05) is 6.07 Å². The molecule has 1 aromatic carbocycles. The Labute approximate surface area is 102 Å². The zero-order valence-electron chi connectivity index (χ0n) is 9.07. The third-order valence-corrected chi connectivity index (χ3v) is 2.55. The van der Waals surface area contributed by atoms with Crippen LogP contribution in [0.5, 0.6) is 5.75 Å². The second kappa shape index (κ2) is 5.50. The Kier molecular flexibility index (Phi) is 4.30. The Balaban J connectivity index is 3.16. The Morgan fingerprint density at radius 3 is 2.69 bits per heavy atom. The number of aryl methyl sites for hydroxylation is 1. The lowest BCUT2D eigenvalue weighted by molar-refractivity contribution is 0.411. The minimum Gasteiger partial charge on any atom is -0.495 e. The summed E-state index contributed by atoms with van der Waals surface area (Å²) in [5, 5.41) is 7.30. The van der Waals surface area contributed by atoms with Crippen molar-refractivity contribution in [3.8, 4) is 5.75 Å². The molecule has 0 aliphatic carbocycles. The van der Waals surface area contributed by atoms with Gasteiger partial charge in [0.1, 0.15) is 5.75 Å². The minimum atomic E-state index is -0.0807. The molecule has 0 saturated carbocycles. The van der Waals surface area contributed by atoms with E-state index < -0.39 is 0 Å². The molecular weight excluding hydrogens is 272 g/mol. The fraction of sp³-hybridized carbons (Fsp3) is 0.200. The zero-order valence-corrected chi connectivity index (χ0v) is 10.7. The molecule has 6 heteroatoms. The average Bonchev–Trinajstić information content (AvgIpc) is 2.23. The molecule has 0 fully saturated rings. The van der Waals surface area contributed by atoms with Crippen molar-refractivity contribution in [2.45, 2.75) is 6.92 Å². The van der Waals surface area contributed by atoms with Crippen LogP contribution in [0.2, 0.25) is 0 Å². The molecule has 0 aliphatic heterocycles. The number of guanidine groups is 1. The largest absolute Gasteiger partial charge is 0.495 e. The van der Waals surface area contributed by atoms with Crippen molar-refractivity contribution in [2.24, 2.45) is 21.7 Å². The van der Waals surface area contributed by atoms with Crippen LogP contribution in [0.4, 0.5) is 0 Å². The highest BCUT2D eigenvalue weighted by atomic mass is 79.9. The van der Waals surface area contributed by atoms with Crippen LogP contribution < -0.4 is 16.2 Å². The van der Waals surface area contributed by atoms with Crippen molar-refractivity contribution in [1.29, 1.82) is 0 Å². The second-order valence-electron chi connectivity index (χ2n) is 3.08. The summed E-state index contributed by atoms with van der Waals surface area (Å²) < 4.78 is 6.12. The van der Waals surface area contributed by atoms with Crippen LogP contribution in [0.15, 0.2) is 26.8 Å². The van der Waals surface area contributed by atoms with Crippen molar-refractivity contribution in [1.82, 2.24) is 0 Å². The topological polar surface area (TPSA) is 86.0 Å². The number of nitrogens with two attached hydrogens (primary N) is 2. The lowest BCUT2D eigenvalue weighted by atomic mass is 10.1. The Morgan fingerprint density at radius 2 is 2.12 bits per heavy atom. The molecule has 0 aliphatic rings. The molecule has 0 bridgehead atoms. The third-order valence-electron chi connectivity index (χ3n) is 1.93. The average molecular weight is 285 g/mol. The number of benzene rings is 1. The van der Waals surface area contributed by atoms with Gasteiger partial charge in [-0.2, -0.15) is 5.10 Å². The van der Waals surface area contributed by atoms with E-state index >= 15 is 0 Å². The van der Waals surface area contributed by atoms with Crippen LogP contribution in [-0.4, -0.2) is 19.3 Å².